The molecule has 0 radical (unpaired) electrons. The number of aryl methyl sites for hydroxylation is 1. The molecule has 6 nitrogen and oxygen atoms in total. The lowest BCUT2D eigenvalue weighted by Crippen LogP contribution is -2.47. The second-order valence-corrected chi connectivity index (χ2v) is 10.6. The Balaban J connectivity index is 1.38. The first-order valence-corrected chi connectivity index (χ1v) is 12.4. The van der Waals surface area contributed by atoms with Gasteiger partial charge in [0.1, 0.15) is 17.3 Å². The third-order valence-electron chi connectivity index (χ3n) is 6.67. The number of carbonyl (C=O) groups excluding carboxylic acids is 1. The molecule has 1 saturated heterocycles. The minimum atomic E-state index is -4.52. The lowest BCUT2D eigenvalue weighted by atomic mass is 9.95. The van der Waals surface area contributed by atoms with E-state index >= 15 is 0 Å². The molecule has 0 bridgehead atoms. The van der Waals surface area contributed by atoms with Crippen LogP contribution in [0.5, 0.6) is 0 Å². The average molecular weight is 502 g/mol. The van der Waals surface area contributed by atoms with Crippen LogP contribution >= 0.6 is 0 Å². The fraction of sp³-hybridized carbons (Fsp3) is 0.519. The van der Waals surface area contributed by atoms with E-state index in [-0.39, 0.29) is 11.7 Å². The molecule has 2 aliphatic rings. The normalized spacial score (nSPS) is 18.0. The Morgan fingerprint density at radius 2 is 1.72 bits per heavy atom. The standard InChI is InChI=1S/C27H34F3N5O/c1-19(18-35-21-8-6-5-7-20(21)9-10-24(35)36)11-12-33-13-15-34(16-14-33)23-17-22(27(28,29)30)31-25(32-23)26(2,3)4/h5-8,11,17H,9-10,12-16,18H2,1-4H3/b19-11+. The second kappa shape index (κ2) is 10.2. The molecule has 0 aliphatic carbocycles. The molecule has 0 atom stereocenters. The van der Waals surface area contributed by atoms with Crippen LogP contribution in [0, 0.1) is 0 Å². The van der Waals surface area contributed by atoms with Gasteiger partial charge in [-0.05, 0) is 25.0 Å². The first-order chi connectivity index (χ1) is 16.9. The van der Waals surface area contributed by atoms with Gasteiger partial charge in [-0.2, -0.15) is 13.2 Å². The zero-order valence-corrected chi connectivity index (χ0v) is 21.4. The molecule has 0 N–H and O–H groups in total. The Kier molecular flexibility index (Phi) is 7.41. The zero-order chi connectivity index (χ0) is 26.1. The van der Waals surface area contributed by atoms with Crippen molar-refractivity contribution in [3.63, 3.8) is 0 Å². The highest BCUT2D eigenvalue weighted by Crippen LogP contribution is 2.32. The number of benzene rings is 1. The van der Waals surface area contributed by atoms with Crippen molar-refractivity contribution >= 4 is 17.4 Å². The van der Waals surface area contributed by atoms with Crippen LogP contribution in [-0.2, 0) is 22.8 Å². The van der Waals surface area contributed by atoms with Gasteiger partial charge in [0.25, 0.3) is 0 Å². The quantitative estimate of drug-likeness (QED) is 0.549. The molecule has 1 fully saturated rings. The van der Waals surface area contributed by atoms with Crippen molar-refractivity contribution in [1.82, 2.24) is 14.9 Å². The van der Waals surface area contributed by atoms with Gasteiger partial charge in [-0.3, -0.25) is 9.69 Å². The van der Waals surface area contributed by atoms with E-state index in [4.69, 9.17) is 0 Å². The lowest BCUT2D eigenvalue weighted by molar-refractivity contribution is -0.141. The maximum Gasteiger partial charge on any atom is 0.433 e. The Labute approximate surface area is 210 Å². The van der Waals surface area contributed by atoms with Crippen LogP contribution in [0.1, 0.15) is 51.2 Å². The first kappa shape index (κ1) is 26.1. The average Bonchev–Trinajstić information content (AvgIpc) is 2.83. The fourth-order valence-corrected chi connectivity index (χ4v) is 4.51. The number of carbonyl (C=O) groups is 1. The van der Waals surface area contributed by atoms with E-state index in [0.29, 0.717) is 45.0 Å². The van der Waals surface area contributed by atoms with Crippen molar-refractivity contribution in [2.75, 3.05) is 49.1 Å². The topological polar surface area (TPSA) is 52.6 Å². The van der Waals surface area contributed by atoms with Gasteiger partial charge in [-0.1, -0.05) is 50.6 Å². The number of hydrogen-bond donors (Lipinski definition) is 0. The van der Waals surface area contributed by atoms with Gasteiger partial charge in [0, 0.05) is 62.9 Å². The number of amides is 1. The van der Waals surface area contributed by atoms with E-state index in [0.717, 1.165) is 30.3 Å². The Morgan fingerprint density at radius 1 is 1.03 bits per heavy atom. The summed E-state index contributed by atoms with van der Waals surface area (Å²) in [5, 5.41) is 0. The third-order valence-corrected chi connectivity index (χ3v) is 6.67. The molecule has 0 saturated carbocycles. The van der Waals surface area contributed by atoms with Crippen LogP contribution in [-0.4, -0.2) is 60.0 Å². The summed E-state index contributed by atoms with van der Waals surface area (Å²) >= 11 is 0. The van der Waals surface area contributed by atoms with E-state index in [2.05, 4.69) is 27.0 Å². The number of anilines is 2. The number of nitrogens with zero attached hydrogens (tertiary/aromatic N) is 5. The Hall–Kier alpha value is -2.94. The van der Waals surface area contributed by atoms with Gasteiger partial charge in [0.2, 0.25) is 5.91 Å². The largest absolute Gasteiger partial charge is 0.433 e. The summed E-state index contributed by atoms with van der Waals surface area (Å²) in [4.78, 5) is 26.9. The molecule has 0 spiro atoms. The number of hydrogen-bond acceptors (Lipinski definition) is 5. The molecule has 1 amide bonds. The summed E-state index contributed by atoms with van der Waals surface area (Å²) < 4.78 is 40.4. The number of para-hydroxylation sites is 1. The van der Waals surface area contributed by atoms with E-state index in [1.807, 2.05) is 55.7 Å². The molecule has 2 aromatic rings. The van der Waals surface area contributed by atoms with E-state index in [1.54, 1.807) is 0 Å². The lowest BCUT2D eigenvalue weighted by Gasteiger charge is -2.35. The predicted molar refractivity (Wildman–Crippen MR) is 135 cm³/mol. The van der Waals surface area contributed by atoms with E-state index in [1.165, 1.54) is 5.56 Å². The van der Waals surface area contributed by atoms with Crippen molar-refractivity contribution in [2.45, 2.75) is 52.1 Å². The highest BCUT2D eigenvalue weighted by Gasteiger charge is 2.36. The summed E-state index contributed by atoms with van der Waals surface area (Å²) in [6.45, 7) is 11.4. The molecule has 1 aromatic heterocycles. The SMILES string of the molecule is C/C(=C\CN1CCN(c2cc(C(F)(F)F)nc(C(C)(C)C)n2)CC1)CN1C(=O)CCc2ccccc21. The molecule has 36 heavy (non-hydrogen) atoms. The summed E-state index contributed by atoms with van der Waals surface area (Å²) in [6.07, 6.45) is -1.06. The summed E-state index contributed by atoms with van der Waals surface area (Å²) in [5.41, 5.74) is 1.83. The van der Waals surface area contributed by atoms with Gasteiger partial charge >= 0.3 is 6.18 Å². The highest BCUT2D eigenvalue weighted by atomic mass is 19.4. The fourth-order valence-electron chi connectivity index (χ4n) is 4.51. The molecule has 0 unspecified atom stereocenters. The molecule has 194 valence electrons. The summed E-state index contributed by atoms with van der Waals surface area (Å²) in [7, 11) is 0. The van der Waals surface area contributed by atoms with Crippen molar-refractivity contribution in [3.8, 4) is 0 Å². The molecule has 3 heterocycles. The maximum atomic E-state index is 13.5. The van der Waals surface area contributed by atoms with Crippen molar-refractivity contribution in [3.05, 3.63) is 59.1 Å². The molecule has 1 aromatic carbocycles. The van der Waals surface area contributed by atoms with Crippen molar-refractivity contribution < 1.29 is 18.0 Å². The highest BCUT2D eigenvalue weighted by molar-refractivity contribution is 5.96. The number of halogens is 3. The Bertz CT molecular complexity index is 1100. The maximum absolute atomic E-state index is 13.5. The van der Waals surface area contributed by atoms with Crippen molar-refractivity contribution in [2.24, 2.45) is 0 Å². The first-order valence-electron chi connectivity index (χ1n) is 12.4. The third kappa shape index (κ3) is 6.06. The van der Waals surface area contributed by atoms with Gasteiger partial charge in [0.15, 0.2) is 0 Å². The van der Waals surface area contributed by atoms with Crippen LogP contribution in [0.2, 0.25) is 0 Å². The van der Waals surface area contributed by atoms with E-state index < -0.39 is 17.3 Å². The molecular weight excluding hydrogens is 467 g/mol. The van der Waals surface area contributed by atoms with Gasteiger partial charge in [-0.25, -0.2) is 9.97 Å². The Morgan fingerprint density at radius 3 is 2.39 bits per heavy atom. The number of fused-ring (bicyclic) bond motifs is 1. The zero-order valence-electron chi connectivity index (χ0n) is 21.4. The van der Waals surface area contributed by atoms with Crippen LogP contribution in [0.3, 0.4) is 0 Å². The summed E-state index contributed by atoms with van der Waals surface area (Å²) in [6, 6.07) is 9.10. The number of piperazine rings is 1. The molecule has 2 aliphatic heterocycles. The minimum Gasteiger partial charge on any atom is -0.354 e. The minimum absolute atomic E-state index is 0.146. The molecule has 9 heteroatoms. The van der Waals surface area contributed by atoms with Crippen LogP contribution in [0.4, 0.5) is 24.7 Å². The van der Waals surface area contributed by atoms with Crippen LogP contribution < -0.4 is 9.80 Å². The second-order valence-electron chi connectivity index (χ2n) is 10.6. The van der Waals surface area contributed by atoms with Crippen molar-refractivity contribution in [1.29, 1.82) is 0 Å². The van der Waals surface area contributed by atoms with E-state index in [9.17, 15) is 18.0 Å². The summed E-state index contributed by atoms with van der Waals surface area (Å²) in [5.74, 6) is 0.672. The molecule has 4 rings (SSSR count). The monoisotopic (exact) mass is 501 g/mol. The number of alkyl halides is 3. The van der Waals surface area contributed by atoms with Gasteiger partial charge in [0.05, 0.1) is 0 Å². The smallest absolute Gasteiger partial charge is 0.354 e. The van der Waals surface area contributed by atoms with Crippen LogP contribution in [0.15, 0.2) is 42.0 Å². The van der Waals surface area contributed by atoms with Gasteiger partial charge < -0.3 is 9.80 Å². The van der Waals surface area contributed by atoms with Crippen LogP contribution in [0.25, 0.3) is 0 Å². The number of aromatic nitrogens is 2. The van der Waals surface area contributed by atoms with Gasteiger partial charge in [-0.15, -0.1) is 0 Å². The molecular formula is C27H34F3N5O. The predicted octanol–water partition coefficient (Wildman–Crippen LogP) is 4.84. The number of rotatable bonds is 5.